The SMILES string of the molecule is O=C(O)C1CCC2CCC1N2C(=O)O. The smallest absolute Gasteiger partial charge is 0.407 e. The van der Waals surface area contributed by atoms with Crippen molar-refractivity contribution < 1.29 is 19.8 Å². The lowest BCUT2D eigenvalue weighted by Gasteiger charge is -2.36. The highest BCUT2D eigenvalue weighted by Crippen LogP contribution is 2.39. The topological polar surface area (TPSA) is 77.8 Å². The number of carbonyl (C=O) groups is 2. The molecule has 2 rings (SSSR count). The molecule has 0 radical (unpaired) electrons. The van der Waals surface area contributed by atoms with Gasteiger partial charge in [-0.05, 0) is 25.7 Å². The summed E-state index contributed by atoms with van der Waals surface area (Å²) in [5.41, 5.74) is 0. The van der Waals surface area contributed by atoms with E-state index in [-0.39, 0.29) is 12.1 Å². The zero-order valence-corrected chi connectivity index (χ0v) is 7.72. The predicted molar refractivity (Wildman–Crippen MR) is 47.0 cm³/mol. The van der Waals surface area contributed by atoms with Gasteiger partial charge in [-0.25, -0.2) is 4.79 Å². The van der Waals surface area contributed by atoms with Gasteiger partial charge in [-0.15, -0.1) is 0 Å². The molecule has 2 aliphatic heterocycles. The fourth-order valence-corrected chi connectivity index (χ4v) is 2.74. The number of amides is 1. The van der Waals surface area contributed by atoms with E-state index >= 15 is 0 Å². The number of nitrogens with zero attached hydrogens (tertiary/aromatic N) is 1. The number of hydrogen-bond donors (Lipinski definition) is 2. The molecule has 3 unspecified atom stereocenters. The third kappa shape index (κ3) is 1.23. The van der Waals surface area contributed by atoms with E-state index in [1.807, 2.05) is 0 Å². The van der Waals surface area contributed by atoms with Crippen molar-refractivity contribution in [3.63, 3.8) is 0 Å². The van der Waals surface area contributed by atoms with Gasteiger partial charge in [0.15, 0.2) is 0 Å². The van der Waals surface area contributed by atoms with E-state index in [1.54, 1.807) is 0 Å². The lowest BCUT2D eigenvalue weighted by atomic mass is 9.91. The first-order valence-electron chi connectivity index (χ1n) is 4.85. The van der Waals surface area contributed by atoms with Gasteiger partial charge in [-0.1, -0.05) is 0 Å². The van der Waals surface area contributed by atoms with E-state index < -0.39 is 18.0 Å². The highest BCUT2D eigenvalue weighted by Gasteiger charge is 2.47. The Balaban J connectivity index is 2.21. The quantitative estimate of drug-likeness (QED) is 0.660. The molecule has 2 bridgehead atoms. The van der Waals surface area contributed by atoms with Gasteiger partial charge in [0.05, 0.1) is 5.92 Å². The summed E-state index contributed by atoms with van der Waals surface area (Å²) >= 11 is 0. The molecule has 2 N–H and O–H groups in total. The van der Waals surface area contributed by atoms with E-state index in [1.165, 1.54) is 4.90 Å². The zero-order chi connectivity index (χ0) is 10.3. The van der Waals surface area contributed by atoms with Gasteiger partial charge in [0, 0.05) is 12.1 Å². The summed E-state index contributed by atoms with van der Waals surface area (Å²) < 4.78 is 0. The molecule has 0 aromatic carbocycles. The second kappa shape index (κ2) is 3.15. The molecule has 14 heavy (non-hydrogen) atoms. The maximum atomic E-state index is 10.9. The molecule has 0 saturated carbocycles. The maximum Gasteiger partial charge on any atom is 0.407 e. The molecular formula is C9H13NO4. The van der Waals surface area contributed by atoms with Crippen molar-refractivity contribution in [2.45, 2.75) is 37.8 Å². The number of fused-ring (bicyclic) bond motifs is 2. The Hall–Kier alpha value is -1.26. The van der Waals surface area contributed by atoms with Crippen molar-refractivity contribution in [3.8, 4) is 0 Å². The number of hydrogen-bond acceptors (Lipinski definition) is 2. The van der Waals surface area contributed by atoms with Gasteiger partial charge >= 0.3 is 12.1 Å². The Morgan fingerprint density at radius 3 is 2.29 bits per heavy atom. The monoisotopic (exact) mass is 199 g/mol. The third-order valence-electron chi connectivity index (χ3n) is 3.36. The summed E-state index contributed by atoms with van der Waals surface area (Å²) in [7, 11) is 0. The number of rotatable bonds is 1. The van der Waals surface area contributed by atoms with Crippen LogP contribution < -0.4 is 0 Å². The van der Waals surface area contributed by atoms with Gasteiger partial charge in [0.1, 0.15) is 0 Å². The molecule has 2 fully saturated rings. The van der Waals surface area contributed by atoms with Crippen LogP contribution in [0.4, 0.5) is 4.79 Å². The molecule has 5 nitrogen and oxygen atoms in total. The van der Waals surface area contributed by atoms with E-state index in [2.05, 4.69) is 0 Å². The molecule has 0 spiro atoms. The van der Waals surface area contributed by atoms with Crippen molar-refractivity contribution >= 4 is 12.1 Å². The van der Waals surface area contributed by atoms with Gasteiger partial charge in [-0.2, -0.15) is 0 Å². The van der Waals surface area contributed by atoms with Crippen LogP contribution in [-0.4, -0.2) is 39.3 Å². The molecule has 0 aliphatic carbocycles. The van der Waals surface area contributed by atoms with Crippen LogP contribution in [0.3, 0.4) is 0 Å². The second-order valence-electron chi connectivity index (χ2n) is 4.01. The Morgan fingerprint density at radius 1 is 1.07 bits per heavy atom. The molecule has 3 atom stereocenters. The Morgan fingerprint density at radius 2 is 1.71 bits per heavy atom. The van der Waals surface area contributed by atoms with Crippen LogP contribution in [-0.2, 0) is 4.79 Å². The first kappa shape index (κ1) is 9.30. The average Bonchev–Trinajstić information content (AvgIpc) is 2.40. The first-order valence-corrected chi connectivity index (χ1v) is 4.85. The summed E-state index contributed by atoms with van der Waals surface area (Å²) in [6.07, 6.45) is 1.87. The minimum atomic E-state index is -0.969. The fraction of sp³-hybridized carbons (Fsp3) is 0.778. The van der Waals surface area contributed by atoms with Crippen LogP contribution in [0.1, 0.15) is 25.7 Å². The highest BCUT2D eigenvalue weighted by molar-refractivity contribution is 5.74. The van der Waals surface area contributed by atoms with Crippen LogP contribution in [0.15, 0.2) is 0 Å². The molecule has 0 aromatic rings. The standard InChI is InChI=1S/C9H13NO4/c11-8(12)6-3-1-5-2-4-7(6)10(5)9(13)14/h5-7H,1-4H2,(H,11,12)(H,13,14). The van der Waals surface area contributed by atoms with Gasteiger partial charge in [0.25, 0.3) is 0 Å². The Bertz CT molecular complexity index is 278. The molecule has 0 aromatic heterocycles. The van der Waals surface area contributed by atoms with Crippen molar-refractivity contribution in [2.75, 3.05) is 0 Å². The molecule has 1 amide bonds. The summed E-state index contributed by atoms with van der Waals surface area (Å²) in [6, 6.07) is -0.225. The van der Waals surface area contributed by atoms with Crippen molar-refractivity contribution in [3.05, 3.63) is 0 Å². The summed E-state index contributed by atoms with van der Waals surface area (Å²) in [4.78, 5) is 23.2. The lowest BCUT2D eigenvalue weighted by Crippen LogP contribution is -2.49. The molecule has 78 valence electrons. The summed E-state index contributed by atoms with van der Waals surface area (Å²) in [6.45, 7) is 0. The molecular weight excluding hydrogens is 186 g/mol. The first-order chi connectivity index (χ1) is 6.61. The average molecular weight is 199 g/mol. The number of piperidine rings is 1. The van der Waals surface area contributed by atoms with Crippen molar-refractivity contribution in [1.29, 1.82) is 0 Å². The minimum Gasteiger partial charge on any atom is -0.481 e. The maximum absolute atomic E-state index is 10.9. The van der Waals surface area contributed by atoms with E-state index in [0.717, 1.165) is 6.42 Å². The Kier molecular flexibility index (Phi) is 2.09. The highest BCUT2D eigenvalue weighted by atomic mass is 16.4. The third-order valence-corrected chi connectivity index (χ3v) is 3.36. The van der Waals surface area contributed by atoms with Crippen molar-refractivity contribution in [1.82, 2.24) is 4.90 Å². The van der Waals surface area contributed by atoms with Crippen LogP contribution in [0.2, 0.25) is 0 Å². The molecule has 2 heterocycles. The predicted octanol–water partition coefficient (Wildman–Crippen LogP) is 0.992. The van der Waals surface area contributed by atoms with Crippen LogP contribution in [0, 0.1) is 5.92 Å². The van der Waals surface area contributed by atoms with Gasteiger partial charge in [-0.3, -0.25) is 4.79 Å². The molecule has 2 aliphatic rings. The minimum absolute atomic E-state index is 0.0631. The van der Waals surface area contributed by atoms with Crippen LogP contribution >= 0.6 is 0 Å². The lowest BCUT2D eigenvalue weighted by molar-refractivity contribution is -0.145. The summed E-state index contributed by atoms with van der Waals surface area (Å²) in [5, 5.41) is 17.9. The normalized spacial score (nSPS) is 35.7. The molecule has 2 saturated heterocycles. The zero-order valence-electron chi connectivity index (χ0n) is 7.72. The number of aliphatic carboxylic acids is 1. The summed E-state index contributed by atoms with van der Waals surface area (Å²) in [5.74, 6) is -1.36. The largest absolute Gasteiger partial charge is 0.481 e. The fourth-order valence-electron chi connectivity index (χ4n) is 2.74. The van der Waals surface area contributed by atoms with E-state index in [4.69, 9.17) is 10.2 Å². The van der Waals surface area contributed by atoms with Gasteiger partial charge < -0.3 is 15.1 Å². The van der Waals surface area contributed by atoms with E-state index in [0.29, 0.717) is 19.3 Å². The van der Waals surface area contributed by atoms with E-state index in [9.17, 15) is 9.59 Å². The van der Waals surface area contributed by atoms with Gasteiger partial charge in [0.2, 0.25) is 0 Å². The Labute approximate surface area is 81.3 Å². The van der Waals surface area contributed by atoms with Crippen LogP contribution in [0.25, 0.3) is 0 Å². The number of carboxylic acids is 1. The number of carboxylic acid groups (broad SMARTS) is 2. The second-order valence-corrected chi connectivity index (χ2v) is 4.01. The van der Waals surface area contributed by atoms with Crippen LogP contribution in [0.5, 0.6) is 0 Å². The molecule has 5 heteroatoms. The van der Waals surface area contributed by atoms with Crippen molar-refractivity contribution in [2.24, 2.45) is 5.92 Å².